The summed E-state index contributed by atoms with van der Waals surface area (Å²) in [4.78, 5) is 10.00. The fourth-order valence-corrected chi connectivity index (χ4v) is 1.56. The Labute approximate surface area is 107 Å². The first kappa shape index (κ1) is 12.2. The van der Waals surface area contributed by atoms with E-state index >= 15 is 0 Å². The highest BCUT2D eigenvalue weighted by molar-refractivity contribution is 6.32. The first-order valence-electron chi connectivity index (χ1n) is 4.97. The monoisotopic (exact) mass is 265 g/mol. The number of non-ortho nitro benzene ring substituents is 1. The van der Waals surface area contributed by atoms with Gasteiger partial charge in [0, 0.05) is 12.1 Å². The highest BCUT2D eigenvalue weighted by Crippen LogP contribution is 2.35. The summed E-state index contributed by atoms with van der Waals surface area (Å²) in [5.74, 6) is 0.434. The molecule has 92 valence electrons. The Morgan fingerprint density at radius 3 is 2.50 bits per heavy atom. The summed E-state index contributed by atoms with van der Waals surface area (Å²) in [6, 6.07) is 10.2. The topological polar surface area (TPSA) is 72.6 Å². The Morgan fingerprint density at radius 2 is 1.89 bits per heavy atom. The molecule has 0 aliphatic rings. The van der Waals surface area contributed by atoms with Gasteiger partial charge in [0.05, 0.1) is 9.95 Å². The van der Waals surface area contributed by atoms with Crippen LogP contribution < -0.4 is 4.74 Å². The number of phenols is 1. The lowest BCUT2D eigenvalue weighted by molar-refractivity contribution is -0.384. The van der Waals surface area contributed by atoms with E-state index in [0.717, 1.165) is 0 Å². The molecule has 0 radical (unpaired) electrons. The van der Waals surface area contributed by atoms with Gasteiger partial charge >= 0.3 is 0 Å². The van der Waals surface area contributed by atoms with E-state index in [4.69, 9.17) is 16.3 Å². The molecule has 5 nitrogen and oxygen atoms in total. The van der Waals surface area contributed by atoms with E-state index in [1.807, 2.05) is 0 Å². The molecule has 0 fully saturated rings. The number of nitro benzene ring substituents is 1. The van der Waals surface area contributed by atoms with Gasteiger partial charge in [-0.2, -0.15) is 0 Å². The van der Waals surface area contributed by atoms with E-state index in [0.29, 0.717) is 0 Å². The zero-order valence-electron chi connectivity index (χ0n) is 9.04. The third kappa shape index (κ3) is 2.52. The number of benzene rings is 2. The third-order valence-corrected chi connectivity index (χ3v) is 2.51. The summed E-state index contributed by atoms with van der Waals surface area (Å²) in [5.41, 5.74) is -0.121. The number of aromatic hydroxyl groups is 1. The van der Waals surface area contributed by atoms with Crippen molar-refractivity contribution in [2.75, 3.05) is 0 Å². The van der Waals surface area contributed by atoms with Crippen molar-refractivity contribution >= 4 is 17.3 Å². The summed E-state index contributed by atoms with van der Waals surface area (Å²) < 4.78 is 5.37. The normalized spacial score (nSPS) is 10.1. The maximum atomic E-state index is 10.5. The molecular formula is C12H8ClNO4. The molecule has 6 heteroatoms. The molecule has 0 aliphatic heterocycles. The SMILES string of the molecule is O=[N+]([O-])c1ccc(Oc2ccccc2O)c(Cl)c1. The number of hydrogen-bond donors (Lipinski definition) is 1. The summed E-state index contributed by atoms with van der Waals surface area (Å²) in [5, 5.41) is 20.2. The molecule has 0 aliphatic carbocycles. The van der Waals surface area contributed by atoms with Crippen LogP contribution in [-0.2, 0) is 0 Å². The zero-order chi connectivity index (χ0) is 13.1. The van der Waals surface area contributed by atoms with Gasteiger partial charge < -0.3 is 9.84 Å². The summed E-state index contributed by atoms with van der Waals surface area (Å²) >= 11 is 5.86. The Bertz CT molecular complexity index is 600. The number of ether oxygens (including phenoxy) is 1. The molecule has 0 aromatic heterocycles. The van der Waals surface area contributed by atoms with E-state index < -0.39 is 4.92 Å². The average Bonchev–Trinajstić information content (AvgIpc) is 2.34. The molecule has 2 aromatic carbocycles. The van der Waals surface area contributed by atoms with E-state index in [2.05, 4.69) is 0 Å². The lowest BCUT2D eigenvalue weighted by Gasteiger charge is -2.08. The van der Waals surface area contributed by atoms with Crippen molar-refractivity contribution in [1.82, 2.24) is 0 Å². The predicted octanol–water partition coefficient (Wildman–Crippen LogP) is 3.75. The summed E-state index contributed by atoms with van der Waals surface area (Å²) in [6.45, 7) is 0. The van der Waals surface area contributed by atoms with Gasteiger partial charge in [-0.3, -0.25) is 10.1 Å². The predicted molar refractivity (Wildman–Crippen MR) is 66.3 cm³/mol. The zero-order valence-corrected chi connectivity index (χ0v) is 9.79. The van der Waals surface area contributed by atoms with Gasteiger partial charge in [-0.05, 0) is 18.2 Å². The molecular weight excluding hydrogens is 258 g/mol. The molecule has 0 saturated carbocycles. The van der Waals surface area contributed by atoms with Crippen LogP contribution in [0.25, 0.3) is 0 Å². The molecule has 1 N–H and O–H groups in total. The average molecular weight is 266 g/mol. The van der Waals surface area contributed by atoms with Crippen LogP contribution in [-0.4, -0.2) is 10.0 Å². The Morgan fingerprint density at radius 1 is 1.17 bits per heavy atom. The molecule has 18 heavy (non-hydrogen) atoms. The van der Waals surface area contributed by atoms with Crippen LogP contribution in [0.3, 0.4) is 0 Å². The van der Waals surface area contributed by atoms with Gasteiger partial charge in [0.2, 0.25) is 0 Å². The van der Waals surface area contributed by atoms with Gasteiger partial charge in [0.15, 0.2) is 11.5 Å². The van der Waals surface area contributed by atoms with E-state index in [1.165, 1.54) is 24.3 Å². The number of rotatable bonds is 3. The molecule has 0 atom stereocenters. The van der Waals surface area contributed by atoms with Crippen LogP contribution in [0.5, 0.6) is 17.2 Å². The molecule has 0 heterocycles. The van der Waals surface area contributed by atoms with E-state index in [9.17, 15) is 15.2 Å². The van der Waals surface area contributed by atoms with Crippen LogP contribution in [0.2, 0.25) is 5.02 Å². The van der Waals surface area contributed by atoms with Crippen molar-refractivity contribution in [2.45, 2.75) is 0 Å². The minimum atomic E-state index is -0.546. The van der Waals surface area contributed by atoms with Crippen LogP contribution in [0.15, 0.2) is 42.5 Å². The fourth-order valence-electron chi connectivity index (χ4n) is 1.35. The second kappa shape index (κ2) is 4.93. The van der Waals surface area contributed by atoms with Crippen LogP contribution in [0, 0.1) is 10.1 Å². The highest BCUT2D eigenvalue weighted by atomic mass is 35.5. The lowest BCUT2D eigenvalue weighted by Crippen LogP contribution is -1.90. The number of hydrogen-bond acceptors (Lipinski definition) is 4. The molecule has 0 spiro atoms. The Hall–Kier alpha value is -2.27. The summed E-state index contributed by atoms with van der Waals surface area (Å²) in [6.07, 6.45) is 0. The minimum Gasteiger partial charge on any atom is -0.504 e. The highest BCUT2D eigenvalue weighted by Gasteiger charge is 2.12. The number of halogens is 1. The molecule has 0 amide bonds. The number of para-hydroxylation sites is 2. The number of nitrogens with zero attached hydrogens (tertiary/aromatic N) is 1. The standard InChI is InChI=1S/C12H8ClNO4/c13-9-7-8(14(16)17)5-6-11(9)18-12-4-2-1-3-10(12)15/h1-7,15H. The largest absolute Gasteiger partial charge is 0.504 e. The van der Waals surface area contributed by atoms with Crippen LogP contribution in [0.1, 0.15) is 0 Å². The van der Waals surface area contributed by atoms with Crippen molar-refractivity contribution in [1.29, 1.82) is 0 Å². The molecule has 0 bridgehead atoms. The molecule has 2 aromatic rings. The van der Waals surface area contributed by atoms with Gasteiger partial charge in [-0.15, -0.1) is 0 Å². The van der Waals surface area contributed by atoms with Crippen molar-refractivity contribution in [2.24, 2.45) is 0 Å². The number of phenolic OH excluding ortho intramolecular Hbond substituents is 1. The fraction of sp³-hybridized carbons (Fsp3) is 0. The molecule has 0 saturated heterocycles. The minimum absolute atomic E-state index is 0.0353. The summed E-state index contributed by atoms with van der Waals surface area (Å²) in [7, 11) is 0. The van der Waals surface area contributed by atoms with Crippen molar-refractivity contribution in [3.05, 3.63) is 57.6 Å². The van der Waals surface area contributed by atoms with Gasteiger partial charge in [-0.25, -0.2) is 0 Å². The quantitative estimate of drug-likeness (QED) is 0.678. The van der Waals surface area contributed by atoms with Crippen LogP contribution in [0.4, 0.5) is 5.69 Å². The maximum Gasteiger partial charge on any atom is 0.271 e. The first-order chi connectivity index (χ1) is 8.58. The second-order valence-electron chi connectivity index (χ2n) is 3.44. The van der Waals surface area contributed by atoms with E-state index in [1.54, 1.807) is 18.2 Å². The smallest absolute Gasteiger partial charge is 0.271 e. The van der Waals surface area contributed by atoms with E-state index in [-0.39, 0.29) is 28.0 Å². The number of nitro groups is 1. The van der Waals surface area contributed by atoms with Gasteiger partial charge in [0.1, 0.15) is 5.75 Å². The lowest BCUT2D eigenvalue weighted by atomic mass is 10.3. The molecule has 0 unspecified atom stereocenters. The maximum absolute atomic E-state index is 10.5. The van der Waals surface area contributed by atoms with Crippen molar-refractivity contribution in [3.8, 4) is 17.2 Å². The Kier molecular flexibility index (Phi) is 3.34. The van der Waals surface area contributed by atoms with Crippen molar-refractivity contribution < 1.29 is 14.8 Å². The second-order valence-corrected chi connectivity index (χ2v) is 3.85. The van der Waals surface area contributed by atoms with Gasteiger partial charge in [0.25, 0.3) is 5.69 Å². The third-order valence-electron chi connectivity index (χ3n) is 2.21. The van der Waals surface area contributed by atoms with Crippen LogP contribution >= 0.6 is 11.6 Å². The molecule has 2 rings (SSSR count). The van der Waals surface area contributed by atoms with Crippen molar-refractivity contribution in [3.63, 3.8) is 0 Å². The first-order valence-corrected chi connectivity index (χ1v) is 5.35. The van der Waals surface area contributed by atoms with Gasteiger partial charge in [-0.1, -0.05) is 23.7 Å². The Balaban J connectivity index is 2.30.